The molecule has 6 nitrogen and oxygen atoms in total. The molecule has 3 aromatic rings. The minimum Gasteiger partial charge on any atom is -0.493 e. The summed E-state index contributed by atoms with van der Waals surface area (Å²) in [6, 6.07) is 11.8. The van der Waals surface area contributed by atoms with Gasteiger partial charge >= 0.3 is 0 Å². The van der Waals surface area contributed by atoms with Crippen LogP contribution in [0.3, 0.4) is 0 Å². The normalized spacial score (nSPS) is 15.8. The number of ether oxygens (including phenoxy) is 1. The molecular formula is C22H22N4O2. The van der Waals surface area contributed by atoms with Crippen LogP contribution in [0.1, 0.15) is 28.0 Å². The van der Waals surface area contributed by atoms with Gasteiger partial charge in [-0.05, 0) is 49.4 Å². The summed E-state index contributed by atoms with van der Waals surface area (Å²) in [5.74, 6) is 1.71. The second-order valence-electron chi connectivity index (χ2n) is 6.96. The third kappa shape index (κ3) is 4.01. The molecule has 1 unspecified atom stereocenters. The second kappa shape index (κ2) is 8.17. The van der Waals surface area contributed by atoms with Crippen LogP contribution in [0.15, 0.2) is 55.0 Å². The van der Waals surface area contributed by atoms with Gasteiger partial charge < -0.3 is 10.1 Å². The van der Waals surface area contributed by atoms with Crippen molar-refractivity contribution >= 4 is 5.91 Å². The van der Waals surface area contributed by atoms with Crippen molar-refractivity contribution in [3.63, 3.8) is 0 Å². The topological polar surface area (TPSA) is 77.0 Å². The smallest absolute Gasteiger partial charge is 0.254 e. The van der Waals surface area contributed by atoms with Crippen molar-refractivity contribution in [3.05, 3.63) is 71.8 Å². The molecule has 1 atom stereocenters. The molecule has 6 heteroatoms. The average Bonchev–Trinajstić information content (AvgIpc) is 2.94. The van der Waals surface area contributed by atoms with Crippen molar-refractivity contribution in [3.8, 4) is 17.1 Å². The number of aryl methyl sites for hydroxylation is 1. The van der Waals surface area contributed by atoms with Crippen molar-refractivity contribution in [2.24, 2.45) is 5.92 Å². The molecule has 0 aliphatic carbocycles. The largest absolute Gasteiger partial charge is 0.493 e. The van der Waals surface area contributed by atoms with E-state index in [4.69, 9.17) is 4.74 Å². The average molecular weight is 374 g/mol. The maximum Gasteiger partial charge on any atom is 0.254 e. The van der Waals surface area contributed by atoms with Crippen LogP contribution < -0.4 is 10.1 Å². The van der Waals surface area contributed by atoms with Crippen molar-refractivity contribution in [2.75, 3.05) is 13.2 Å². The maximum atomic E-state index is 12.7. The maximum absolute atomic E-state index is 12.7. The van der Waals surface area contributed by atoms with E-state index in [1.54, 1.807) is 18.6 Å². The Morgan fingerprint density at radius 1 is 1.21 bits per heavy atom. The molecule has 142 valence electrons. The van der Waals surface area contributed by atoms with E-state index in [9.17, 15) is 4.79 Å². The summed E-state index contributed by atoms with van der Waals surface area (Å²) < 4.78 is 5.81. The van der Waals surface area contributed by atoms with Gasteiger partial charge in [-0.2, -0.15) is 0 Å². The van der Waals surface area contributed by atoms with Crippen LogP contribution in [-0.2, 0) is 6.42 Å². The van der Waals surface area contributed by atoms with E-state index in [1.807, 2.05) is 37.3 Å². The first-order valence-electron chi connectivity index (χ1n) is 9.43. The van der Waals surface area contributed by atoms with Gasteiger partial charge in [0.15, 0.2) is 5.82 Å². The van der Waals surface area contributed by atoms with E-state index in [0.29, 0.717) is 36.2 Å². The summed E-state index contributed by atoms with van der Waals surface area (Å²) in [6.45, 7) is 3.09. The van der Waals surface area contributed by atoms with Crippen LogP contribution in [0.5, 0.6) is 5.75 Å². The predicted molar refractivity (Wildman–Crippen MR) is 106 cm³/mol. The molecule has 1 amide bonds. The molecule has 28 heavy (non-hydrogen) atoms. The van der Waals surface area contributed by atoms with Gasteiger partial charge in [-0.15, -0.1) is 0 Å². The molecule has 0 spiro atoms. The molecule has 1 aliphatic heterocycles. The van der Waals surface area contributed by atoms with E-state index in [1.165, 1.54) is 5.56 Å². The SMILES string of the molecule is Cc1nc(-c2cccnc2)ncc1C(=O)NCC1CCOc2ccccc2C1. The standard InChI is InChI=1S/C22H22N4O2/c1-15-19(14-24-21(26-15)18-6-4-9-23-13-18)22(27)25-12-16-8-10-28-20-7-3-2-5-17(20)11-16/h2-7,9,13-14,16H,8,10-12H2,1H3,(H,25,27). The van der Waals surface area contributed by atoms with Crippen LogP contribution >= 0.6 is 0 Å². The molecule has 0 saturated carbocycles. The van der Waals surface area contributed by atoms with E-state index >= 15 is 0 Å². The first-order chi connectivity index (χ1) is 13.7. The van der Waals surface area contributed by atoms with Gasteiger partial charge in [-0.25, -0.2) is 9.97 Å². The van der Waals surface area contributed by atoms with Gasteiger partial charge in [-0.1, -0.05) is 18.2 Å². The highest BCUT2D eigenvalue weighted by Gasteiger charge is 2.19. The lowest BCUT2D eigenvalue weighted by molar-refractivity contribution is 0.0944. The number of hydrogen-bond acceptors (Lipinski definition) is 5. The third-order valence-corrected chi connectivity index (χ3v) is 4.96. The Hall–Kier alpha value is -3.28. The van der Waals surface area contributed by atoms with Crippen LogP contribution in [0.25, 0.3) is 11.4 Å². The quantitative estimate of drug-likeness (QED) is 0.759. The number of pyridine rings is 1. The Kier molecular flexibility index (Phi) is 5.28. The number of benzene rings is 1. The van der Waals surface area contributed by atoms with Crippen LogP contribution in [0, 0.1) is 12.8 Å². The lowest BCUT2D eigenvalue weighted by Gasteiger charge is -2.15. The number of nitrogens with one attached hydrogen (secondary N) is 1. The number of amides is 1. The number of aromatic nitrogens is 3. The van der Waals surface area contributed by atoms with Gasteiger partial charge in [0.25, 0.3) is 5.91 Å². The zero-order chi connectivity index (χ0) is 19.3. The molecule has 1 N–H and O–H groups in total. The van der Waals surface area contributed by atoms with Gasteiger partial charge in [0, 0.05) is 30.7 Å². The highest BCUT2D eigenvalue weighted by Crippen LogP contribution is 2.26. The Labute approximate surface area is 164 Å². The first kappa shape index (κ1) is 18.1. The number of rotatable bonds is 4. The summed E-state index contributed by atoms with van der Waals surface area (Å²) in [4.78, 5) is 25.5. The molecule has 3 heterocycles. The first-order valence-corrected chi connectivity index (χ1v) is 9.43. The highest BCUT2D eigenvalue weighted by atomic mass is 16.5. The van der Waals surface area contributed by atoms with Crippen molar-refractivity contribution in [1.82, 2.24) is 20.3 Å². The Morgan fingerprint density at radius 3 is 2.93 bits per heavy atom. The second-order valence-corrected chi connectivity index (χ2v) is 6.96. The van der Waals surface area contributed by atoms with Crippen molar-refractivity contribution in [1.29, 1.82) is 0 Å². The minimum atomic E-state index is -0.145. The molecule has 0 radical (unpaired) electrons. The summed E-state index contributed by atoms with van der Waals surface area (Å²) in [5, 5.41) is 3.04. The highest BCUT2D eigenvalue weighted by molar-refractivity contribution is 5.95. The molecule has 1 aliphatic rings. The number of hydrogen-bond donors (Lipinski definition) is 1. The number of nitrogens with zero attached hydrogens (tertiary/aromatic N) is 3. The van der Waals surface area contributed by atoms with E-state index in [0.717, 1.165) is 24.2 Å². The lowest BCUT2D eigenvalue weighted by Crippen LogP contribution is -2.31. The molecule has 0 fully saturated rings. The summed E-state index contributed by atoms with van der Waals surface area (Å²) in [5.41, 5.74) is 3.17. The molecule has 0 saturated heterocycles. The van der Waals surface area contributed by atoms with E-state index < -0.39 is 0 Å². The number of carbonyl (C=O) groups is 1. The number of carbonyl (C=O) groups excluding carboxylic acids is 1. The molecule has 1 aromatic carbocycles. The van der Waals surface area contributed by atoms with Crippen molar-refractivity contribution in [2.45, 2.75) is 19.8 Å². The van der Waals surface area contributed by atoms with Crippen LogP contribution in [0.2, 0.25) is 0 Å². The van der Waals surface area contributed by atoms with E-state index in [-0.39, 0.29) is 5.91 Å². The minimum absolute atomic E-state index is 0.145. The molecule has 2 aromatic heterocycles. The Balaban J connectivity index is 1.41. The third-order valence-electron chi connectivity index (χ3n) is 4.96. The van der Waals surface area contributed by atoms with Gasteiger partial charge in [0.2, 0.25) is 0 Å². The molecular weight excluding hydrogens is 352 g/mol. The monoisotopic (exact) mass is 374 g/mol. The van der Waals surface area contributed by atoms with Crippen molar-refractivity contribution < 1.29 is 9.53 Å². The number of para-hydroxylation sites is 1. The van der Waals surface area contributed by atoms with Crippen LogP contribution in [-0.4, -0.2) is 34.0 Å². The summed E-state index contributed by atoms with van der Waals surface area (Å²) >= 11 is 0. The summed E-state index contributed by atoms with van der Waals surface area (Å²) in [6.07, 6.45) is 6.80. The zero-order valence-corrected chi connectivity index (χ0v) is 15.8. The molecule has 4 rings (SSSR count). The Morgan fingerprint density at radius 2 is 2.11 bits per heavy atom. The predicted octanol–water partition coefficient (Wildman–Crippen LogP) is 3.22. The van der Waals surface area contributed by atoms with Crippen LogP contribution in [0.4, 0.5) is 0 Å². The van der Waals surface area contributed by atoms with Gasteiger partial charge in [-0.3, -0.25) is 9.78 Å². The van der Waals surface area contributed by atoms with Gasteiger partial charge in [0.1, 0.15) is 5.75 Å². The summed E-state index contributed by atoms with van der Waals surface area (Å²) in [7, 11) is 0. The fourth-order valence-electron chi connectivity index (χ4n) is 3.39. The fourth-order valence-corrected chi connectivity index (χ4v) is 3.39. The van der Waals surface area contributed by atoms with Gasteiger partial charge in [0.05, 0.1) is 17.9 Å². The molecule has 0 bridgehead atoms. The zero-order valence-electron chi connectivity index (χ0n) is 15.8. The fraction of sp³-hybridized carbons (Fsp3) is 0.273. The number of fused-ring (bicyclic) bond motifs is 1. The Bertz CT molecular complexity index is 975. The van der Waals surface area contributed by atoms with E-state index in [2.05, 4.69) is 26.3 Å². The lowest BCUT2D eigenvalue weighted by atomic mass is 9.97.